The van der Waals surface area contributed by atoms with Crippen LogP contribution in [0, 0.1) is 5.82 Å². The predicted molar refractivity (Wildman–Crippen MR) is 108 cm³/mol. The number of hydrogen-bond acceptors (Lipinski definition) is 5. The molecule has 0 saturated carbocycles. The number of halogens is 2. The largest absolute Gasteiger partial charge is 0.326 e. The first-order valence-electron chi connectivity index (χ1n) is 7.89. The first kappa shape index (κ1) is 19.2. The van der Waals surface area contributed by atoms with Crippen molar-refractivity contribution in [2.75, 3.05) is 5.32 Å². The highest BCUT2D eigenvalue weighted by Crippen LogP contribution is 2.23. The van der Waals surface area contributed by atoms with E-state index in [0.29, 0.717) is 10.9 Å². The number of carbonyl (C=O) groups excluding carboxylic acids is 2. The summed E-state index contributed by atoms with van der Waals surface area (Å²) in [6.45, 7) is 0. The van der Waals surface area contributed by atoms with Crippen molar-refractivity contribution in [3.63, 3.8) is 0 Å². The van der Waals surface area contributed by atoms with Crippen molar-refractivity contribution < 1.29 is 14.0 Å². The molecule has 27 heavy (non-hydrogen) atoms. The van der Waals surface area contributed by atoms with Gasteiger partial charge in [0.05, 0.1) is 6.21 Å². The number of nitrogens with zero attached hydrogens (tertiary/aromatic N) is 2. The zero-order valence-corrected chi connectivity index (χ0v) is 16.3. The molecule has 0 unspecified atom stereocenters. The van der Waals surface area contributed by atoms with Crippen molar-refractivity contribution in [3.05, 3.63) is 64.4 Å². The van der Waals surface area contributed by atoms with Crippen LogP contribution in [0.5, 0.6) is 0 Å². The molecule has 0 bridgehead atoms. The Balaban J connectivity index is 1.54. The molecule has 1 aliphatic heterocycles. The van der Waals surface area contributed by atoms with Crippen LogP contribution in [0.2, 0.25) is 0 Å². The molecule has 9 heteroatoms. The first-order chi connectivity index (χ1) is 13.0. The van der Waals surface area contributed by atoms with Gasteiger partial charge in [0.2, 0.25) is 11.8 Å². The van der Waals surface area contributed by atoms with Crippen LogP contribution in [0.25, 0.3) is 0 Å². The number of amidine groups is 1. The average molecular weight is 449 g/mol. The van der Waals surface area contributed by atoms with Crippen molar-refractivity contribution in [1.29, 1.82) is 0 Å². The van der Waals surface area contributed by atoms with Crippen molar-refractivity contribution in [1.82, 2.24) is 5.32 Å². The van der Waals surface area contributed by atoms with Gasteiger partial charge in [0.1, 0.15) is 11.1 Å². The molecule has 3 rings (SSSR count). The number of benzene rings is 2. The highest BCUT2D eigenvalue weighted by atomic mass is 79.9. The second kappa shape index (κ2) is 8.92. The molecule has 2 N–H and O–H groups in total. The zero-order chi connectivity index (χ0) is 19.2. The highest BCUT2D eigenvalue weighted by molar-refractivity contribution is 9.10. The normalized spacial score (nSPS) is 18.1. The summed E-state index contributed by atoms with van der Waals surface area (Å²) in [5.41, 5.74) is 1.34. The Labute approximate surface area is 167 Å². The molecule has 0 radical (unpaired) electrons. The summed E-state index contributed by atoms with van der Waals surface area (Å²) in [6.07, 6.45) is 1.55. The quantitative estimate of drug-likeness (QED) is 0.541. The molecule has 6 nitrogen and oxygen atoms in total. The minimum absolute atomic E-state index is 0.0245. The SMILES string of the molecule is O=C(C[C@H]1S/C(=N/N=C\c2ccc(Br)cc2)NC1=O)Nc1ccc(F)cc1. The Morgan fingerprint density at radius 1 is 1.22 bits per heavy atom. The second-order valence-corrected chi connectivity index (χ2v) is 7.66. The number of rotatable bonds is 5. The van der Waals surface area contributed by atoms with Gasteiger partial charge < -0.3 is 10.6 Å². The number of carbonyl (C=O) groups is 2. The maximum absolute atomic E-state index is 12.9. The lowest BCUT2D eigenvalue weighted by Crippen LogP contribution is -2.28. The fraction of sp³-hybridized carbons (Fsp3) is 0.111. The second-order valence-electron chi connectivity index (χ2n) is 5.56. The summed E-state index contributed by atoms with van der Waals surface area (Å²) in [6, 6.07) is 12.9. The molecule has 2 amide bonds. The maximum atomic E-state index is 12.9. The van der Waals surface area contributed by atoms with Gasteiger partial charge in [-0.15, -0.1) is 5.10 Å². The molecule has 1 atom stereocenters. The van der Waals surface area contributed by atoms with Gasteiger partial charge in [-0.2, -0.15) is 5.10 Å². The van der Waals surface area contributed by atoms with E-state index in [4.69, 9.17) is 0 Å². The van der Waals surface area contributed by atoms with E-state index >= 15 is 0 Å². The lowest BCUT2D eigenvalue weighted by Gasteiger charge is -2.07. The molecule has 0 spiro atoms. The number of amides is 2. The van der Waals surface area contributed by atoms with Crippen LogP contribution in [-0.4, -0.2) is 28.4 Å². The third-order valence-corrected chi connectivity index (χ3v) is 5.10. The van der Waals surface area contributed by atoms with E-state index in [-0.39, 0.29) is 24.1 Å². The smallest absolute Gasteiger partial charge is 0.240 e. The maximum Gasteiger partial charge on any atom is 0.240 e. The number of anilines is 1. The Morgan fingerprint density at radius 3 is 2.63 bits per heavy atom. The van der Waals surface area contributed by atoms with Crippen LogP contribution in [0.15, 0.2) is 63.2 Å². The van der Waals surface area contributed by atoms with E-state index in [1.54, 1.807) is 6.21 Å². The van der Waals surface area contributed by atoms with Crippen molar-refractivity contribution in [3.8, 4) is 0 Å². The van der Waals surface area contributed by atoms with Crippen LogP contribution in [0.4, 0.5) is 10.1 Å². The lowest BCUT2D eigenvalue weighted by atomic mass is 10.2. The summed E-state index contributed by atoms with van der Waals surface area (Å²) in [5.74, 6) is -1.02. The fourth-order valence-corrected chi connectivity index (χ4v) is 3.39. The van der Waals surface area contributed by atoms with Gasteiger partial charge in [-0.3, -0.25) is 9.59 Å². The van der Waals surface area contributed by atoms with E-state index in [2.05, 4.69) is 36.8 Å². The minimum Gasteiger partial charge on any atom is -0.326 e. The van der Waals surface area contributed by atoms with Gasteiger partial charge in [0.15, 0.2) is 5.17 Å². The number of thioether (sulfide) groups is 1. The number of hydrogen-bond donors (Lipinski definition) is 2. The molecule has 2 aromatic carbocycles. The Hall–Kier alpha value is -2.52. The van der Waals surface area contributed by atoms with E-state index in [1.807, 2.05) is 24.3 Å². The van der Waals surface area contributed by atoms with Crippen LogP contribution in [-0.2, 0) is 9.59 Å². The fourth-order valence-electron chi connectivity index (χ4n) is 2.20. The summed E-state index contributed by atoms with van der Waals surface area (Å²) in [7, 11) is 0. The van der Waals surface area contributed by atoms with Gasteiger partial charge in [0.25, 0.3) is 0 Å². The zero-order valence-electron chi connectivity index (χ0n) is 13.9. The monoisotopic (exact) mass is 448 g/mol. The van der Waals surface area contributed by atoms with Crippen molar-refractivity contribution >= 4 is 56.6 Å². The van der Waals surface area contributed by atoms with E-state index in [9.17, 15) is 14.0 Å². The Bertz CT molecular complexity index is 901. The van der Waals surface area contributed by atoms with Gasteiger partial charge in [-0.1, -0.05) is 39.8 Å². The Kier molecular flexibility index (Phi) is 6.36. The summed E-state index contributed by atoms with van der Waals surface area (Å²) < 4.78 is 13.8. The van der Waals surface area contributed by atoms with E-state index in [0.717, 1.165) is 21.8 Å². The van der Waals surface area contributed by atoms with E-state index in [1.165, 1.54) is 24.3 Å². The third-order valence-electron chi connectivity index (χ3n) is 3.50. The molecule has 0 aromatic heterocycles. The standard InChI is InChI=1S/C18H14BrFN4O2S/c19-12-3-1-11(2-4-12)10-21-24-18-23-17(26)15(27-18)9-16(25)22-14-7-5-13(20)6-8-14/h1-8,10,15H,9H2,(H,22,25)(H,23,24,26)/b21-10-/t15-/m1/s1. The van der Waals surface area contributed by atoms with Gasteiger partial charge >= 0.3 is 0 Å². The highest BCUT2D eigenvalue weighted by Gasteiger charge is 2.32. The van der Waals surface area contributed by atoms with Gasteiger partial charge in [-0.05, 0) is 42.0 Å². The summed E-state index contributed by atoms with van der Waals surface area (Å²) >= 11 is 4.50. The Morgan fingerprint density at radius 2 is 1.93 bits per heavy atom. The molecular weight excluding hydrogens is 435 g/mol. The average Bonchev–Trinajstić information content (AvgIpc) is 2.98. The summed E-state index contributed by atoms with van der Waals surface area (Å²) in [5, 5.41) is 12.9. The van der Waals surface area contributed by atoms with E-state index < -0.39 is 5.25 Å². The molecule has 1 aliphatic rings. The summed E-state index contributed by atoms with van der Waals surface area (Å²) in [4.78, 5) is 24.0. The first-order valence-corrected chi connectivity index (χ1v) is 9.56. The molecule has 1 heterocycles. The third kappa shape index (κ3) is 5.73. The van der Waals surface area contributed by atoms with Gasteiger partial charge in [-0.25, -0.2) is 4.39 Å². The lowest BCUT2D eigenvalue weighted by molar-refractivity contribution is -0.122. The molecule has 138 valence electrons. The van der Waals surface area contributed by atoms with Crippen LogP contribution in [0.1, 0.15) is 12.0 Å². The van der Waals surface area contributed by atoms with Crippen molar-refractivity contribution in [2.24, 2.45) is 10.2 Å². The molecular formula is C18H14BrFN4O2S. The van der Waals surface area contributed by atoms with Crippen LogP contribution in [0.3, 0.4) is 0 Å². The molecule has 1 saturated heterocycles. The van der Waals surface area contributed by atoms with Gasteiger partial charge in [0, 0.05) is 16.6 Å². The molecule has 2 aromatic rings. The number of nitrogens with one attached hydrogen (secondary N) is 2. The molecule has 0 aliphatic carbocycles. The minimum atomic E-state index is -0.591. The van der Waals surface area contributed by atoms with Crippen LogP contribution < -0.4 is 10.6 Å². The molecule has 1 fully saturated rings. The van der Waals surface area contributed by atoms with Crippen LogP contribution >= 0.6 is 27.7 Å². The van der Waals surface area contributed by atoms with Crippen molar-refractivity contribution in [2.45, 2.75) is 11.7 Å². The predicted octanol–water partition coefficient (Wildman–Crippen LogP) is 3.54. The topological polar surface area (TPSA) is 82.9 Å².